The first kappa shape index (κ1) is 11.4. The lowest BCUT2D eigenvalue weighted by Crippen LogP contribution is -2.40. The Bertz CT molecular complexity index is 433. The molecule has 16 heavy (non-hydrogen) atoms. The average Bonchev–Trinajstić information content (AvgIpc) is 2.66. The van der Waals surface area contributed by atoms with Crippen molar-refractivity contribution >= 4 is 22.3 Å². The van der Waals surface area contributed by atoms with Crippen LogP contribution in [0.1, 0.15) is 13.3 Å². The Morgan fingerprint density at radius 2 is 2.06 bits per heavy atom. The van der Waals surface area contributed by atoms with Gasteiger partial charge in [0.15, 0.2) is 0 Å². The van der Waals surface area contributed by atoms with Gasteiger partial charge in [-0.25, -0.2) is 12.7 Å². The van der Waals surface area contributed by atoms with E-state index in [4.69, 9.17) is 0 Å². The van der Waals surface area contributed by atoms with E-state index in [2.05, 4.69) is 0 Å². The van der Waals surface area contributed by atoms with Crippen LogP contribution < -0.4 is 0 Å². The molecule has 90 valence electrons. The maximum Gasteiger partial charge on any atom is 0.241 e. The fraction of sp³-hybridized carbons (Fsp3) is 0.778. The lowest BCUT2D eigenvalue weighted by Gasteiger charge is -2.22. The summed E-state index contributed by atoms with van der Waals surface area (Å²) in [6.07, 6.45) is 2.26. The molecule has 0 aromatic heterocycles. The van der Waals surface area contributed by atoms with E-state index < -0.39 is 21.8 Å². The van der Waals surface area contributed by atoms with Gasteiger partial charge in [-0.1, -0.05) is 6.92 Å². The molecule has 0 aliphatic carbocycles. The number of sulfonamides is 1. The van der Waals surface area contributed by atoms with E-state index in [0.29, 0.717) is 19.4 Å². The Kier molecular flexibility index (Phi) is 2.45. The molecule has 0 aromatic rings. The highest BCUT2D eigenvalue weighted by Gasteiger charge is 2.54. The Balaban J connectivity index is 2.40. The van der Waals surface area contributed by atoms with Crippen LogP contribution in [0.3, 0.4) is 0 Å². The molecule has 6 nitrogen and oxygen atoms in total. The minimum Gasteiger partial charge on any atom is -0.339 e. The largest absolute Gasteiger partial charge is 0.339 e. The number of hydrogen-bond donors (Lipinski definition) is 0. The summed E-state index contributed by atoms with van der Waals surface area (Å²) in [5, 5.41) is 0. The summed E-state index contributed by atoms with van der Waals surface area (Å²) in [4.78, 5) is 24.2. The topological polar surface area (TPSA) is 74.8 Å². The van der Waals surface area contributed by atoms with Gasteiger partial charge < -0.3 is 4.90 Å². The average molecular weight is 246 g/mol. The van der Waals surface area contributed by atoms with Gasteiger partial charge in [0.1, 0.15) is 0 Å². The van der Waals surface area contributed by atoms with Crippen molar-refractivity contribution < 1.29 is 18.0 Å². The monoisotopic (exact) mass is 246 g/mol. The maximum atomic E-state index is 11.8. The Morgan fingerprint density at radius 3 is 2.56 bits per heavy atom. The quantitative estimate of drug-likeness (QED) is 0.587. The predicted molar refractivity (Wildman–Crippen MR) is 55.8 cm³/mol. The highest BCUT2D eigenvalue weighted by Crippen LogP contribution is 2.36. The first-order valence-electron chi connectivity index (χ1n) is 5.12. The number of likely N-dealkylation sites (tertiary alicyclic amines) is 1. The standard InChI is InChI=1S/C9H14N2O4S/c1-6-8-7(3-4-10(8)5-12)11(9(6)13)16(2,14)15/h5-8H,3-4H2,1-2H3/t6-,7?,8?/m1/s1. The number of carbonyl (C=O) groups is 2. The van der Waals surface area contributed by atoms with E-state index in [1.54, 1.807) is 6.92 Å². The van der Waals surface area contributed by atoms with E-state index in [1.165, 1.54) is 4.90 Å². The minimum atomic E-state index is -3.53. The molecule has 2 rings (SSSR count). The molecule has 0 bridgehead atoms. The van der Waals surface area contributed by atoms with Gasteiger partial charge in [-0.15, -0.1) is 0 Å². The SMILES string of the molecule is C[C@H]1C(=O)N(S(C)(=O)=O)C2CCN(C=O)C21. The van der Waals surface area contributed by atoms with Crippen molar-refractivity contribution in [2.24, 2.45) is 5.92 Å². The molecule has 2 saturated heterocycles. The van der Waals surface area contributed by atoms with Gasteiger partial charge in [0.05, 0.1) is 24.3 Å². The van der Waals surface area contributed by atoms with Crippen molar-refractivity contribution in [2.75, 3.05) is 12.8 Å². The first-order valence-corrected chi connectivity index (χ1v) is 6.97. The predicted octanol–water partition coefficient (Wildman–Crippen LogP) is -0.976. The van der Waals surface area contributed by atoms with E-state index in [9.17, 15) is 18.0 Å². The van der Waals surface area contributed by atoms with Crippen molar-refractivity contribution in [3.05, 3.63) is 0 Å². The second-order valence-corrected chi connectivity index (χ2v) is 6.24. The van der Waals surface area contributed by atoms with Gasteiger partial charge in [0, 0.05) is 6.54 Å². The lowest BCUT2D eigenvalue weighted by atomic mass is 10.0. The van der Waals surface area contributed by atoms with Crippen molar-refractivity contribution in [3.63, 3.8) is 0 Å². The highest BCUT2D eigenvalue weighted by molar-refractivity contribution is 7.88. The summed E-state index contributed by atoms with van der Waals surface area (Å²) in [6.45, 7) is 2.19. The van der Waals surface area contributed by atoms with Crippen molar-refractivity contribution in [3.8, 4) is 0 Å². The maximum absolute atomic E-state index is 11.8. The fourth-order valence-electron chi connectivity index (χ4n) is 2.74. The molecule has 2 aliphatic heterocycles. The summed E-state index contributed by atoms with van der Waals surface area (Å²) in [7, 11) is -3.53. The molecule has 2 aliphatic rings. The third-order valence-corrected chi connectivity index (χ3v) is 4.54. The number of amides is 2. The van der Waals surface area contributed by atoms with Gasteiger partial charge in [0.25, 0.3) is 0 Å². The summed E-state index contributed by atoms with van der Waals surface area (Å²) >= 11 is 0. The van der Waals surface area contributed by atoms with Gasteiger partial charge in [-0.05, 0) is 6.42 Å². The molecule has 0 spiro atoms. The van der Waals surface area contributed by atoms with Gasteiger partial charge >= 0.3 is 0 Å². The molecule has 3 atom stereocenters. The number of carbonyl (C=O) groups excluding carboxylic acids is 2. The zero-order valence-corrected chi connectivity index (χ0v) is 9.98. The van der Waals surface area contributed by atoms with Crippen LogP contribution in [0.5, 0.6) is 0 Å². The molecule has 2 amide bonds. The van der Waals surface area contributed by atoms with Crippen LogP contribution in [-0.2, 0) is 19.6 Å². The molecule has 2 heterocycles. The number of nitrogens with zero attached hydrogens (tertiary/aromatic N) is 2. The first-order chi connectivity index (χ1) is 7.38. The molecule has 2 fully saturated rings. The molecule has 0 aromatic carbocycles. The summed E-state index contributed by atoms with van der Waals surface area (Å²) in [5.41, 5.74) is 0. The van der Waals surface area contributed by atoms with E-state index in [1.807, 2.05) is 0 Å². The molecule has 0 saturated carbocycles. The van der Waals surface area contributed by atoms with Crippen molar-refractivity contribution in [2.45, 2.75) is 25.4 Å². The van der Waals surface area contributed by atoms with E-state index in [0.717, 1.165) is 10.6 Å². The number of rotatable bonds is 2. The summed E-state index contributed by atoms with van der Waals surface area (Å²) in [6, 6.07) is -0.664. The van der Waals surface area contributed by atoms with Gasteiger partial charge in [-0.2, -0.15) is 0 Å². The van der Waals surface area contributed by atoms with Crippen LogP contribution in [0.15, 0.2) is 0 Å². The summed E-state index contributed by atoms with van der Waals surface area (Å²) in [5.74, 6) is -0.837. The van der Waals surface area contributed by atoms with Crippen molar-refractivity contribution in [1.29, 1.82) is 0 Å². The molecule has 0 radical (unpaired) electrons. The summed E-state index contributed by atoms with van der Waals surface area (Å²) < 4.78 is 24.0. The fourth-order valence-corrected chi connectivity index (χ4v) is 3.96. The number of fused-ring (bicyclic) bond motifs is 1. The third-order valence-electron chi connectivity index (χ3n) is 3.37. The van der Waals surface area contributed by atoms with Crippen LogP contribution in [0.25, 0.3) is 0 Å². The van der Waals surface area contributed by atoms with Crippen LogP contribution in [0, 0.1) is 5.92 Å². The molecule has 2 unspecified atom stereocenters. The van der Waals surface area contributed by atoms with Crippen LogP contribution in [0.2, 0.25) is 0 Å². The Hall–Kier alpha value is -1.11. The van der Waals surface area contributed by atoms with E-state index >= 15 is 0 Å². The minimum absolute atomic E-state index is 0.292. The Morgan fingerprint density at radius 1 is 1.44 bits per heavy atom. The van der Waals surface area contributed by atoms with Crippen LogP contribution in [-0.4, -0.2) is 54.8 Å². The highest BCUT2D eigenvalue weighted by atomic mass is 32.2. The molecular weight excluding hydrogens is 232 g/mol. The zero-order valence-electron chi connectivity index (χ0n) is 9.16. The van der Waals surface area contributed by atoms with E-state index in [-0.39, 0.29) is 12.1 Å². The van der Waals surface area contributed by atoms with Crippen LogP contribution in [0.4, 0.5) is 0 Å². The Labute approximate surface area is 94.3 Å². The van der Waals surface area contributed by atoms with Crippen molar-refractivity contribution in [1.82, 2.24) is 9.21 Å². The van der Waals surface area contributed by atoms with Gasteiger partial charge in [0.2, 0.25) is 22.3 Å². The van der Waals surface area contributed by atoms with Crippen LogP contribution >= 0.6 is 0 Å². The normalized spacial score (nSPS) is 34.4. The zero-order chi connectivity index (χ0) is 12.1. The number of hydrogen-bond acceptors (Lipinski definition) is 4. The molecule has 0 N–H and O–H groups in total. The smallest absolute Gasteiger partial charge is 0.241 e. The third kappa shape index (κ3) is 1.41. The van der Waals surface area contributed by atoms with Gasteiger partial charge in [-0.3, -0.25) is 9.59 Å². The second-order valence-electron chi connectivity index (χ2n) is 4.38. The second kappa shape index (κ2) is 3.44. The lowest BCUT2D eigenvalue weighted by molar-refractivity contribution is -0.128. The molecular formula is C9H14N2O4S. The molecule has 7 heteroatoms.